The van der Waals surface area contributed by atoms with Crippen molar-refractivity contribution in [2.45, 2.75) is 57.5 Å². The number of fused-ring (bicyclic) bond motifs is 1. The summed E-state index contributed by atoms with van der Waals surface area (Å²) in [6.45, 7) is 7.45. The summed E-state index contributed by atoms with van der Waals surface area (Å²) in [5, 5.41) is 0. The Bertz CT molecular complexity index is 353. The molecule has 0 spiro atoms. The van der Waals surface area contributed by atoms with Crippen molar-refractivity contribution in [2.24, 2.45) is 11.1 Å². The van der Waals surface area contributed by atoms with Gasteiger partial charge in [0.25, 0.3) is 0 Å². The highest BCUT2D eigenvalue weighted by molar-refractivity contribution is 7.80. The van der Waals surface area contributed by atoms with E-state index in [-0.39, 0.29) is 0 Å². The molecule has 2 N–H and O–H groups in total. The molecular formula is C15H27N3S. The molecule has 1 aliphatic carbocycles. The van der Waals surface area contributed by atoms with Crippen LogP contribution in [0.15, 0.2) is 0 Å². The zero-order valence-corrected chi connectivity index (χ0v) is 12.9. The second kappa shape index (κ2) is 5.30. The number of piperidine rings is 1. The molecule has 1 saturated carbocycles. The first-order chi connectivity index (χ1) is 9.08. The summed E-state index contributed by atoms with van der Waals surface area (Å²) < 4.78 is 0. The first-order valence-corrected chi connectivity index (χ1v) is 8.25. The monoisotopic (exact) mass is 281 g/mol. The zero-order valence-electron chi connectivity index (χ0n) is 12.1. The quantitative estimate of drug-likeness (QED) is 0.799. The van der Waals surface area contributed by atoms with Crippen LogP contribution in [0.3, 0.4) is 0 Å². The van der Waals surface area contributed by atoms with Crippen molar-refractivity contribution < 1.29 is 0 Å². The van der Waals surface area contributed by atoms with Crippen molar-refractivity contribution in [1.82, 2.24) is 9.80 Å². The van der Waals surface area contributed by atoms with Gasteiger partial charge in [-0.3, -0.25) is 9.80 Å². The Labute approximate surface area is 122 Å². The number of piperazine rings is 1. The maximum Gasteiger partial charge on any atom is 0.0733 e. The van der Waals surface area contributed by atoms with Gasteiger partial charge >= 0.3 is 0 Å². The van der Waals surface area contributed by atoms with Crippen LogP contribution in [0.2, 0.25) is 0 Å². The summed E-state index contributed by atoms with van der Waals surface area (Å²) in [6.07, 6.45) is 7.81. The molecule has 0 aromatic heterocycles. The highest BCUT2D eigenvalue weighted by Crippen LogP contribution is 2.50. The third-order valence-corrected chi connectivity index (χ3v) is 5.51. The van der Waals surface area contributed by atoms with Crippen LogP contribution >= 0.6 is 12.2 Å². The van der Waals surface area contributed by atoms with Crippen molar-refractivity contribution >= 4 is 17.2 Å². The average Bonchev–Trinajstić information content (AvgIpc) is 3.09. The van der Waals surface area contributed by atoms with Crippen molar-refractivity contribution in [3.8, 4) is 0 Å². The normalized spacial score (nSPS) is 34.8. The molecule has 0 bridgehead atoms. The smallest absolute Gasteiger partial charge is 0.0733 e. The topological polar surface area (TPSA) is 32.5 Å². The van der Waals surface area contributed by atoms with Gasteiger partial charge < -0.3 is 5.73 Å². The Morgan fingerprint density at radius 2 is 2.11 bits per heavy atom. The largest absolute Gasteiger partial charge is 0.393 e. The maximum atomic E-state index is 5.77. The molecule has 0 radical (unpaired) electrons. The Hall–Kier alpha value is -0.190. The summed E-state index contributed by atoms with van der Waals surface area (Å²) in [4.78, 5) is 6.15. The van der Waals surface area contributed by atoms with Crippen LogP contribution in [0.5, 0.6) is 0 Å². The van der Waals surface area contributed by atoms with Crippen molar-refractivity contribution in [1.29, 1.82) is 0 Å². The summed E-state index contributed by atoms with van der Waals surface area (Å²) in [5.74, 6) is 0. The van der Waals surface area contributed by atoms with Crippen LogP contribution < -0.4 is 5.73 Å². The molecule has 3 nitrogen and oxygen atoms in total. The van der Waals surface area contributed by atoms with Crippen LogP contribution in [0.1, 0.15) is 45.4 Å². The van der Waals surface area contributed by atoms with E-state index in [9.17, 15) is 0 Å². The van der Waals surface area contributed by atoms with Crippen molar-refractivity contribution in [2.75, 3.05) is 26.2 Å². The van der Waals surface area contributed by atoms with E-state index >= 15 is 0 Å². The first kappa shape index (κ1) is 13.8. The van der Waals surface area contributed by atoms with E-state index in [1.54, 1.807) is 0 Å². The number of nitrogens with two attached hydrogens (primary N) is 1. The van der Waals surface area contributed by atoms with Gasteiger partial charge in [0, 0.05) is 38.1 Å². The molecular weight excluding hydrogens is 254 g/mol. The number of thiocarbonyl (C=S) groups is 1. The summed E-state index contributed by atoms with van der Waals surface area (Å²) in [6, 6.07) is 1.50. The molecule has 3 aliphatic rings. The molecule has 0 aromatic carbocycles. The Balaban J connectivity index is 1.60. The van der Waals surface area contributed by atoms with Gasteiger partial charge in [0.2, 0.25) is 0 Å². The lowest BCUT2D eigenvalue weighted by molar-refractivity contribution is 0.00584. The van der Waals surface area contributed by atoms with E-state index < -0.39 is 0 Å². The van der Waals surface area contributed by atoms with E-state index in [4.69, 9.17) is 18.0 Å². The van der Waals surface area contributed by atoms with Gasteiger partial charge in [-0.05, 0) is 44.6 Å². The number of hydrogen-bond acceptors (Lipinski definition) is 3. The van der Waals surface area contributed by atoms with Gasteiger partial charge in [0.1, 0.15) is 0 Å². The predicted molar refractivity (Wildman–Crippen MR) is 83.3 cm³/mol. The van der Waals surface area contributed by atoms with E-state index in [1.807, 2.05) is 0 Å². The standard InChI is InChI=1S/C15H27N3S/c1-12-9-17-7-3-2-4-13(17)10-18(12)11-15(5-6-15)8-14(16)19/h12-13H,2-11H2,1H3,(H2,16,19). The Morgan fingerprint density at radius 3 is 2.79 bits per heavy atom. The zero-order chi connectivity index (χ0) is 13.5. The second-order valence-electron chi connectivity index (χ2n) is 7.07. The molecule has 0 aromatic rings. The van der Waals surface area contributed by atoms with Gasteiger partial charge in [0.05, 0.1) is 4.99 Å². The number of hydrogen-bond donors (Lipinski definition) is 1. The van der Waals surface area contributed by atoms with Crippen LogP contribution in [-0.4, -0.2) is 53.1 Å². The van der Waals surface area contributed by atoms with Gasteiger partial charge in [-0.25, -0.2) is 0 Å². The van der Waals surface area contributed by atoms with E-state index in [2.05, 4.69) is 16.7 Å². The molecule has 0 amide bonds. The molecule has 2 unspecified atom stereocenters. The number of nitrogens with zero attached hydrogens (tertiary/aromatic N) is 2. The SMILES string of the molecule is CC1CN2CCCCC2CN1CC1(CC(N)=S)CC1. The molecule has 3 rings (SSSR count). The molecule has 4 heteroatoms. The van der Waals surface area contributed by atoms with Gasteiger partial charge in [-0.2, -0.15) is 0 Å². The van der Waals surface area contributed by atoms with Gasteiger partial charge in [0.15, 0.2) is 0 Å². The molecule has 2 aliphatic heterocycles. The highest BCUT2D eigenvalue weighted by atomic mass is 32.1. The van der Waals surface area contributed by atoms with Crippen LogP contribution in [0, 0.1) is 5.41 Å². The first-order valence-electron chi connectivity index (χ1n) is 7.84. The Kier molecular flexibility index (Phi) is 3.84. The molecule has 2 heterocycles. The van der Waals surface area contributed by atoms with Gasteiger partial charge in [-0.1, -0.05) is 18.6 Å². The fourth-order valence-corrected chi connectivity index (χ4v) is 4.31. The Morgan fingerprint density at radius 1 is 1.32 bits per heavy atom. The van der Waals surface area contributed by atoms with Gasteiger partial charge in [-0.15, -0.1) is 0 Å². The van der Waals surface area contributed by atoms with E-state index in [0.29, 0.717) is 16.4 Å². The average molecular weight is 281 g/mol. The minimum Gasteiger partial charge on any atom is -0.393 e. The maximum absolute atomic E-state index is 5.77. The summed E-state index contributed by atoms with van der Waals surface area (Å²) in [5.41, 5.74) is 6.21. The minimum absolute atomic E-state index is 0.441. The highest BCUT2D eigenvalue weighted by Gasteiger charge is 2.46. The fraction of sp³-hybridized carbons (Fsp3) is 0.933. The van der Waals surface area contributed by atoms with Crippen molar-refractivity contribution in [3.05, 3.63) is 0 Å². The van der Waals surface area contributed by atoms with E-state index in [1.165, 1.54) is 58.3 Å². The third kappa shape index (κ3) is 3.11. The molecule has 2 saturated heterocycles. The van der Waals surface area contributed by atoms with Crippen molar-refractivity contribution in [3.63, 3.8) is 0 Å². The molecule has 3 fully saturated rings. The summed E-state index contributed by atoms with van der Waals surface area (Å²) in [7, 11) is 0. The fourth-order valence-electron chi connectivity index (χ4n) is 4.00. The van der Waals surface area contributed by atoms with Crippen LogP contribution in [0.25, 0.3) is 0 Å². The van der Waals surface area contributed by atoms with Crippen LogP contribution in [0.4, 0.5) is 0 Å². The second-order valence-corrected chi connectivity index (χ2v) is 7.59. The third-order valence-electron chi connectivity index (χ3n) is 5.36. The lowest BCUT2D eigenvalue weighted by atomic mass is 9.94. The lowest BCUT2D eigenvalue weighted by Gasteiger charge is -2.48. The lowest BCUT2D eigenvalue weighted by Crippen LogP contribution is -2.59. The van der Waals surface area contributed by atoms with E-state index in [0.717, 1.165) is 12.5 Å². The van der Waals surface area contributed by atoms with Crippen LogP contribution in [-0.2, 0) is 0 Å². The number of rotatable bonds is 4. The molecule has 2 atom stereocenters. The summed E-state index contributed by atoms with van der Waals surface area (Å²) >= 11 is 5.12. The predicted octanol–water partition coefficient (Wildman–Crippen LogP) is 2.00. The minimum atomic E-state index is 0.441. The molecule has 108 valence electrons. The molecule has 19 heavy (non-hydrogen) atoms.